The van der Waals surface area contributed by atoms with Crippen molar-refractivity contribution < 1.29 is 17.9 Å². The van der Waals surface area contributed by atoms with E-state index in [2.05, 4.69) is 15.4 Å². The van der Waals surface area contributed by atoms with E-state index >= 15 is 0 Å². The maximum absolute atomic E-state index is 13.0. The zero-order chi connectivity index (χ0) is 22.4. The van der Waals surface area contributed by atoms with Crippen molar-refractivity contribution in [1.82, 2.24) is 19.1 Å². The van der Waals surface area contributed by atoms with Crippen LogP contribution in [0.15, 0.2) is 59.9 Å². The molecule has 1 N–H and O–H groups in total. The van der Waals surface area contributed by atoms with Gasteiger partial charge in [-0.25, -0.2) is 8.42 Å². The second-order valence-corrected chi connectivity index (χ2v) is 8.58. The predicted octanol–water partition coefficient (Wildman–Crippen LogP) is 2.62. The van der Waals surface area contributed by atoms with Gasteiger partial charge < -0.3 is 10.1 Å². The second kappa shape index (κ2) is 9.71. The van der Waals surface area contributed by atoms with Crippen molar-refractivity contribution in [2.45, 2.75) is 25.3 Å². The third kappa shape index (κ3) is 5.09. The van der Waals surface area contributed by atoms with Crippen LogP contribution in [0.2, 0.25) is 0 Å². The summed E-state index contributed by atoms with van der Waals surface area (Å²) in [7, 11) is -2.41. The highest BCUT2D eigenvalue weighted by molar-refractivity contribution is 7.89. The first-order valence-corrected chi connectivity index (χ1v) is 11.2. The summed E-state index contributed by atoms with van der Waals surface area (Å²) >= 11 is 0. The number of pyridine rings is 1. The first-order valence-electron chi connectivity index (χ1n) is 9.81. The van der Waals surface area contributed by atoms with Gasteiger partial charge in [-0.2, -0.15) is 9.40 Å². The van der Waals surface area contributed by atoms with E-state index in [9.17, 15) is 13.2 Å². The molecule has 31 heavy (non-hydrogen) atoms. The number of aromatic nitrogens is 3. The van der Waals surface area contributed by atoms with Gasteiger partial charge in [0.15, 0.2) is 5.82 Å². The van der Waals surface area contributed by atoms with Crippen LogP contribution in [0.5, 0.6) is 5.75 Å². The van der Waals surface area contributed by atoms with Crippen LogP contribution >= 0.6 is 0 Å². The van der Waals surface area contributed by atoms with Crippen molar-refractivity contribution in [3.05, 3.63) is 66.1 Å². The number of benzene rings is 1. The number of amides is 1. The first-order chi connectivity index (χ1) is 14.9. The van der Waals surface area contributed by atoms with Gasteiger partial charge in [0.2, 0.25) is 10.0 Å². The fraction of sp³-hybridized carbons (Fsp3) is 0.286. The van der Waals surface area contributed by atoms with E-state index in [-0.39, 0.29) is 16.2 Å². The summed E-state index contributed by atoms with van der Waals surface area (Å²) in [4.78, 5) is 16.8. The van der Waals surface area contributed by atoms with Gasteiger partial charge in [0, 0.05) is 43.3 Å². The van der Waals surface area contributed by atoms with Gasteiger partial charge >= 0.3 is 0 Å². The summed E-state index contributed by atoms with van der Waals surface area (Å²) < 4.78 is 34.2. The Morgan fingerprint density at radius 1 is 1.19 bits per heavy atom. The molecule has 2 aromatic heterocycles. The van der Waals surface area contributed by atoms with Crippen LogP contribution in [0.25, 0.3) is 0 Å². The summed E-state index contributed by atoms with van der Waals surface area (Å²) in [6, 6.07) is 9.77. The second-order valence-electron chi connectivity index (χ2n) is 6.67. The quantitative estimate of drug-likeness (QED) is 0.545. The van der Waals surface area contributed by atoms with Crippen molar-refractivity contribution in [1.29, 1.82) is 0 Å². The van der Waals surface area contributed by atoms with Gasteiger partial charge in [0.1, 0.15) is 10.6 Å². The number of hydrogen-bond donors (Lipinski definition) is 1. The van der Waals surface area contributed by atoms with Crippen LogP contribution in [0.3, 0.4) is 0 Å². The minimum absolute atomic E-state index is 0.0477. The zero-order valence-electron chi connectivity index (χ0n) is 17.6. The van der Waals surface area contributed by atoms with Crippen LogP contribution in [0.4, 0.5) is 5.82 Å². The molecule has 0 atom stereocenters. The van der Waals surface area contributed by atoms with Crippen molar-refractivity contribution >= 4 is 21.7 Å². The third-order valence-electron chi connectivity index (χ3n) is 4.70. The standard InChI is InChI=1S/C21H25N5O4S/c1-4-26(5-2)31(28,29)19-13-17(8-9-18(19)30-3)21(27)23-20-10-12-25(24-20)15-16-7-6-11-22-14-16/h6-14H,4-5,15H2,1-3H3,(H,23,24,27). The lowest BCUT2D eigenvalue weighted by Gasteiger charge is -2.20. The number of rotatable bonds is 9. The van der Waals surface area contributed by atoms with E-state index < -0.39 is 15.9 Å². The molecule has 3 rings (SSSR count). The van der Waals surface area contributed by atoms with Crippen LogP contribution < -0.4 is 10.1 Å². The Bertz CT molecular complexity index is 1140. The largest absolute Gasteiger partial charge is 0.495 e. The lowest BCUT2D eigenvalue weighted by atomic mass is 10.2. The number of methoxy groups -OCH3 is 1. The molecule has 0 aliphatic rings. The van der Waals surface area contributed by atoms with Crippen molar-refractivity contribution in [3.8, 4) is 5.75 Å². The van der Waals surface area contributed by atoms with Gasteiger partial charge in [-0.15, -0.1) is 0 Å². The molecule has 1 aromatic carbocycles. The van der Waals surface area contributed by atoms with E-state index in [1.54, 1.807) is 43.2 Å². The lowest BCUT2D eigenvalue weighted by Crippen LogP contribution is -2.31. The van der Waals surface area contributed by atoms with Crippen molar-refractivity contribution in [2.75, 3.05) is 25.5 Å². The van der Waals surface area contributed by atoms with Gasteiger partial charge in [0.25, 0.3) is 5.91 Å². The molecule has 0 unspecified atom stereocenters. The first kappa shape index (κ1) is 22.4. The average molecular weight is 444 g/mol. The van der Waals surface area contributed by atoms with Crippen molar-refractivity contribution in [2.24, 2.45) is 0 Å². The summed E-state index contributed by atoms with van der Waals surface area (Å²) in [6.45, 7) is 4.65. The van der Waals surface area contributed by atoms with Crippen LogP contribution in [-0.4, -0.2) is 53.6 Å². The number of anilines is 1. The molecule has 0 radical (unpaired) electrons. The monoisotopic (exact) mass is 443 g/mol. The molecule has 2 heterocycles. The highest BCUT2D eigenvalue weighted by Gasteiger charge is 2.27. The van der Waals surface area contributed by atoms with Crippen LogP contribution in [0.1, 0.15) is 29.8 Å². The number of carbonyl (C=O) groups is 1. The molecule has 9 nitrogen and oxygen atoms in total. The zero-order valence-corrected chi connectivity index (χ0v) is 18.5. The van der Waals surface area contributed by atoms with Crippen molar-refractivity contribution in [3.63, 3.8) is 0 Å². The molecule has 0 spiro atoms. The van der Waals surface area contributed by atoms with E-state index in [1.165, 1.54) is 29.6 Å². The van der Waals surface area contributed by atoms with Gasteiger partial charge in [-0.1, -0.05) is 19.9 Å². The number of hydrogen-bond acceptors (Lipinski definition) is 6. The fourth-order valence-electron chi connectivity index (χ4n) is 3.11. The SMILES string of the molecule is CCN(CC)S(=O)(=O)c1cc(C(=O)Nc2ccn(Cc3cccnc3)n2)ccc1OC. The Kier molecular flexibility index (Phi) is 7.03. The number of carbonyl (C=O) groups excluding carboxylic acids is 1. The molecule has 0 bridgehead atoms. The predicted molar refractivity (Wildman–Crippen MR) is 117 cm³/mol. The van der Waals surface area contributed by atoms with Crippen LogP contribution in [0, 0.1) is 0 Å². The minimum atomic E-state index is -3.80. The topological polar surface area (TPSA) is 106 Å². The Labute approximate surface area is 181 Å². The smallest absolute Gasteiger partial charge is 0.256 e. The molecule has 0 saturated carbocycles. The van der Waals surface area contributed by atoms with E-state index in [4.69, 9.17) is 4.74 Å². The normalized spacial score (nSPS) is 11.5. The molecule has 3 aromatic rings. The molecule has 1 amide bonds. The summed E-state index contributed by atoms with van der Waals surface area (Å²) in [6.07, 6.45) is 5.18. The Morgan fingerprint density at radius 3 is 2.61 bits per heavy atom. The van der Waals surface area contributed by atoms with Gasteiger partial charge in [-0.3, -0.25) is 14.5 Å². The molecule has 0 aliphatic heterocycles. The average Bonchev–Trinajstić information content (AvgIpc) is 3.21. The third-order valence-corrected chi connectivity index (χ3v) is 6.77. The molecule has 0 fully saturated rings. The van der Waals surface area contributed by atoms with Gasteiger partial charge in [-0.05, 0) is 29.8 Å². The molecular formula is C21H25N5O4S. The van der Waals surface area contributed by atoms with Crippen LogP contribution in [-0.2, 0) is 16.6 Å². The van der Waals surface area contributed by atoms with Gasteiger partial charge in [0.05, 0.1) is 13.7 Å². The Morgan fingerprint density at radius 2 is 1.97 bits per heavy atom. The Hall–Kier alpha value is -3.24. The molecule has 164 valence electrons. The number of nitrogens with one attached hydrogen (secondary N) is 1. The highest BCUT2D eigenvalue weighted by Crippen LogP contribution is 2.28. The molecular weight excluding hydrogens is 418 g/mol. The summed E-state index contributed by atoms with van der Waals surface area (Å²) in [5.74, 6) is 0.0762. The fourth-order valence-corrected chi connectivity index (χ4v) is 4.75. The molecule has 0 aliphatic carbocycles. The number of ether oxygens (including phenoxy) is 1. The highest BCUT2D eigenvalue weighted by atomic mass is 32.2. The maximum Gasteiger partial charge on any atom is 0.256 e. The lowest BCUT2D eigenvalue weighted by molar-refractivity contribution is 0.102. The molecule has 0 saturated heterocycles. The Balaban J connectivity index is 1.81. The maximum atomic E-state index is 13.0. The minimum Gasteiger partial charge on any atom is -0.495 e. The van der Waals surface area contributed by atoms with E-state index in [0.717, 1.165) is 5.56 Å². The number of sulfonamides is 1. The summed E-state index contributed by atoms with van der Waals surface area (Å²) in [5.41, 5.74) is 1.17. The molecule has 10 heteroatoms. The van der Waals surface area contributed by atoms with E-state index in [1.807, 2.05) is 12.1 Å². The van der Waals surface area contributed by atoms with E-state index in [0.29, 0.717) is 25.5 Å². The summed E-state index contributed by atoms with van der Waals surface area (Å²) in [5, 5.41) is 7.04. The number of nitrogens with zero attached hydrogens (tertiary/aromatic N) is 4.